The topological polar surface area (TPSA) is 32.3 Å². The molecule has 0 spiro atoms. The second-order valence-electron chi connectivity index (χ2n) is 3.58. The van der Waals surface area contributed by atoms with Crippen LogP contribution in [0.4, 0.5) is 0 Å². The molecule has 0 radical (unpaired) electrons. The molecule has 0 amide bonds. The van der Waals surface area contributed by atoms with Crippen LogP contribution in [0.1, 0.15) is 26.7 Å². The number of hydrogen-bond acceptors (Lipinski definition) is 2. The summed E-state index contributed by atoms with van der Waals surface area (Å²) in [6.07, 6.45) is 2.49. The van der Waals surface area contributed by atoms with Crippen LogP contribution in [0.25, 0.3) is 0 Å². The normalized spacial score (nSPS) is 39.7. The van der Waals surface area contributed by atoms with Gasteiger partial charge < -0.3 is 9.84 Å². The first-order chi connectivity index (χ1) is 5.20. The molecule has 2 bridgehead atoms. The van der Waals surface area contributed by atoms with Crippen molar-refractivity contribution in [3.63, 3.8) is 0 Å². The summed E-state index contributed by atoms with van der Waals surface area (Å²) in [6, 6.07) is 0. The zero-order valence-corrected chi connectivity index (χ0v) is 7.96. The third kappa shape index (κ3) is 1.33. The van der Waals surface area contributed by atoms with Crippen LogP contribution in [0.3, 0.4) is 0 Å². The summed E-state index contributed by atoms with van der Waals surface area (Å²) in [4.78, 5) is 0. The minimum absolute atomic E-state index is 0. The molecule has 62 valence electrons. The van der Waals surface area contributed by atoms with Gasteiger partial charge in [0.25, 0.3) is 0 Å². The van der Waals surface area contributed by atoms with Crippen LogP contribution in [-0.2, 0) is 4.74 Å². The van der Waals surface area contributed by atoms with E-state index in [-0.39, 0.29) is 37.0 Å². The van der Waals surface area contributed by atoms with Crippen LogP contribution in [0.5, 0.6) is 0 Å². The molecule has 0 aromatic rings. The first-order valence-electron chi connectivity index (χ1n) is 4.23. The predicted molar refractivity (Wildman–Crippen MR) is 39.8 cm³/mol. The molecule has 0 aromatic carbocycles. The van der Waals surface area contributed by atoms with Gasteiger partial charge in [-0.2, -0.15) is 0 Å². The Balaban J connectivity index is 0.000000720. The van der Waals surface area contributed by atoms with E-state index in [4.69, 9.17) is 4.74 Å². The summed E-state index contributed by atoms with van der Waals surface area (Å²) in [5.41, 5.74) is 0.936. The summed E-state index contributed by atoms with van der Waals surface area (Å²) in [5, 5.41) is 11.5. The molecule has 2 heterocycles. The number of rotatable bonds is 0. The summed E-state index contributed by atoms with van der Waals surface area (Å²) in [5.74, 6) is 0.428. The fraction of sp³-hybridized carbons (Fsp3) is 0.778. The molecule has 0 N–H and O–H groups in total. The molecule has 0 aliphatic carbocycles. The number of hydrogen-bond donors (Lipinski definition) is 0. The Labute approximate surface area is 85.2 Å². The van der Waals surface area contributed by atoms with Crippen LogP contribution in [0.2, 0.25) is 0 Å². The molecule has 2 rings (SSSR count). The summed E-state index contributed by atoms with van der Waals surface area (Å²) in [6.45, 7) is 3.88. The minimum atomic E-state index is 0. The summed E-state index contributed by atoms with van der Waals surface area (Å²) < 4.78 is 5.63. The van der Waals surface area contributed by atoms with Crippen LogP contribution >= 0.6 is 0 Å². The number of ether oxygens (including phenoxy) is 1. The fourth-order valence-electron chi connectivity index (χ4n) is 2.04. The molecule has 12 heavy (non-hydrogen) atoms. The minimum Gasteiger partial charge on any atom is -0.875 e. The molecule has 1 saturated heterocycles. The zero-order chi connectivity index (χ0) is 8.01. The average molecular weight is 160 g/mol. The van der Waals surface area contributed by atoms with Gasteiger partial charge in [-0.05, 0) is 25.7 Å². The van der Waals surface area contributed by atoms with Gasteiger partial charge in [0.2, 0.25) is 0 Å². The summed E-state index contributed by atoms with van der Waals surface area (Å²) >= 11 is 0. The van der Waals surface area contributed by atoms with Crippen molar-refractivity contribution in [1.29, 1.82) is 0 Å². The van der Waals surface area contributed by atoms with E-state index in [1.807, 2.05) is 13.8 Å². The Morgan fingerprint density at radius 3 is 2.75 bits per heavy atom. The Morgan fingerprint density at radius 2 is 2.08 bits per heavy atom. The Bertz CT molecular complexity index is 209. The van der Waals surface area contributed by atoms with Crippen molar-refractivity contribution in [2.45, 2.75) is 38.9 Å². The van der Waals surface area contributed by atoms with Crippen molar-refractivity contribution >= 4 is 0 Å². The van der Waals surface area contributed by atoms with Gasteiger partial charge in [-0.15, -0.1) is 5.76 Å². The molecule has 3 heteroatoms. The molecule has 1 fully saturated rings. The SMILES string of the molecule is CC1=C([O-])[C@H](C)[C@@H]2CC[C@H]1O2.[Li+]. The van der Waals surface area contributed by atoms with Crippen molar-refractivity contribution in [2.75, 3.05) is 0 Å². The smallest absolute Gasteiger partial charge is 0.875 e. The van der Waals surface area contributed by atoms with E-state index in [0.29, 0.717) is 5.76 Å². The van der Waals surface area contributed by atoms with Gasteiger partial charge in [-0.1, -0.05) is 12.5 Å². The zero-order valence-electron chi connectivity index (χ0n) is 7.96. The maximum Gasteiger partial charge on any atom is 1.00 e. The monoisotopic (exact) mass is 160 g/mol. The van der Waals surface area contributed by atoms with Crippen LogP contribution < -0.4 is 24.0 Å². The molecule has 0 aromatic heterocycles. The van der Waals surface area contributed by atoms with Gasteiger partial charge in [0.05, 0.1) is 12.2 Å². The first kappa shape index (κ1) is 10.2. The maximum absolute atomic E-state index is 11.5. The first-order valence-corrected chi connectivity index (χ1v) is 4.23. The van der Waals surface area contributed by atoms with E-state index in [0.717, 1.165) is 18.4 Å². The van der Waals surface area contributed by atoms with E-state index < -0.39 is 0 Å². The molecular formula is C9H13LiO2. The number of fused-ring (bicyclic) bond motifs is 2. The largest absolute Gasteiger partial charge is 1.00 e. The average Bonchev–Trinajstić information content (AvgIpc) is 2.44. The van der Waals surface area contributed by atoms with Crippen molar-refractivity contribution in [3.05, 3.63) is 11.3 Å². The van der Waals surface area contributed by atoms with E-state index >= 15 is 0 Å². The molecule has 0 unspecified atom stereocenters. The van der Waals surface area contributed by atoms with Crippen LogP contribution in [0, 0.1) is 5.92 Å². The van der Waals surface area contributed by atoms with E-state index in [2.05, 4.69) is 0 Å². The molecule has 2 aliphatic heterocycles. The quantitative estimate of drug-likeness (QED) is 0.377. The Hall–Kier alpha value is 0.0974. The van der Waals surface area contributed by atoms with Gasteiger partial charge in [-0.25, -0.2) is 0 Å². The third-order valence-electron chi connectivity index (χ3n) is 2.90. The van der Waals surface area contributed by atoms with Gasteiger partial charge in [0.15, 0.2) is 0 Å². The van der Waals surface area contributed by atoms with E-state index in [9.17, 15) is 5.11 Å². The summed E-state index contributed by atoms with van der Waals surface area (Å²) in [7, 11) is 0. The van der Waals surface area contributed by atoms with Gasteiger partial charge in [-0.3, -0.25) is 0 Å². The van der Waals surface area contributed by atoms with Crippen molar-refractivity contribution in [1.82, 2.24) is 0 Å². The molecule has 0 saturated carbocycles. The Morgan fingerprint density at radius 1 is 1.42 bits per heavy atom. The van der Waals surface area contributed by atoms with Gasteiger partial charge in [0.1, 0.15) is 0 Å². The standard InChI is InChI=1S/C9H14O2.Li/c1-5-7-3-4-8(11-7)6(2)9(5)10;/h5,7-8,10H,3-4H2,1-2H3;/q;+1/p-1/t5-,7+,8-;/m1./s1. The van der Waals surface area contributed by atoms with Crippen molar-refractivity contribution < 1.29 is 28.7 Å². The van der Waals surface area contributed by atoms with Crippen LogP contribution in [0.15, 0.2) is 11.3 Å². The second kappa shape index (κ2) is 3.45. The second-order valence-corrected chi connectivity index (χ2v) is 3.58. The maximum atomic E-state index is 11.5. The van der Waals surface area contributed by atoms with Gasteiger partial charge >= 0.3 is 18.9 Å². The molecule has 2 nitrogen and oxygen atoms in total. The van der Waals surface area contributed by atoms with Crippen molar-refractivity contribution in [2.24, 2.45) is 5.92 Å². The fourth-order valence-corrected chi connectivity index (χ4v) is 2.04. The van der Waals surface area contributed by atoms with E-state index in [1.165, 1.54) is 0 Å². The third-order valence-corrected chi connectivity index (χ3v) is 2.90. The molecular weight excluding hydrogens is 147 g/mol. The predicted octanol–water partition coefficient (Wildman–Crippen LogP) is -2.18. The Kier molecular flexibility index (Phi) is 2.93. The molecule has 3 atom stereocenters. The van der Waals surface area contributed by atoms with Crippen LogP contribution in [-0.4, -0.2) is 12.2 Å². The van der Waals surface area contributed by atoms with E-state index in [1.54, 1.807) is 0 Å². The molecule has 2 aliphatic rings. The van der Waals surface area contributed by atoms with Crippen molar-refractivity contribution in [3.8, 4) is 0 Å². The van der Waals surface area contributed by atoms with Gasteiger partial charge in [0, 0.05) is 0 Å².